The topological polar surface area (TPSA) is 15.3 Å². The highest BCUT2D eigenvalue weighted by Crippen LogP contribution is 2.34. The van der Waals surface area contributed by atoms with Crippen LogP contribution in [-0.4, -0.2) is 19.1 Å². The van der Waals surface area contributed by atoms with Gasteiger partial charge in [0.2, 0.25) is 0 Å². The lowest BCUT2D eigenvalue weighted by Gasteiger charge is -2.21. The third-order valence-corrected chi connectivity index (χ3v) is 4.47. The van der Waals surface area contributed by atoms with Crippen LogP contribution in [0, 0.1) is 5.92 Å². The van der Waals surface area contributed by atoms with Gasteiger partial charge in [0.05, 0.1) is 0 Å². The fraction of sp³-hybridized carbons (Fsp3) is 0.667. The molecule has 0 radical (unpaired) electrons. The lowest BCUT2D eigenvalue weighted by molar-refractivity contribution is 0.445. The highest BCUT2D eigenvalue weighted by atomic mass is 15.1. The van der Waals surface area contributed by atoms with Gasteiger partial charge in [0, 0.05) is 31.4 Å². The van der Waals surface area contributed by atoms with Crippen molar-refractivity contribution in [1.82, 2.24) is 5.32 Å². The molecule has 20 heavy (non-hydrogen) atoms. The van der Waals surface area contributed by atoms with Crippen LogP contribution >= 0.6 is 0 Å². The Bertz CT molecular complexity index is 377. The Kier molecular flexibility index (Phi) is 5.90. The number of nitrogens with one attached hydrogen (secondary N) is 1. The molecule has 1 fully saturated rings. The summed E-state index contributed by atoms with van der Waals surface area (Å²) in [5.74, 6) is 1.01. The molecule has 1 aliphatic rings. The lowest BCUT2D eigenvalue weighted by atomic mass is 10.1. The summed E-state index contributed by atoms with van der Waals surface area (Å²) in [7, 11) is 0. The van der Waals surface area contributed by atoms with Crippen LogP contribution in [0.2, 0.25) is 0 Å². The molecule has 112 valence electrons. The molecule has 0 bridgehead atoms. The van der Waals surface area contributed by atoms with Crippen molar-refractivity contribution in [3.05, 3.63) is 29.8 Å². The zero-order valence-corrected chi connectivity index (χ0v) is 13.4. The van der Waals surface area contributed by atoms with Gasteiger partial charge < -0.3 is 10.2 Å². The van der Waals surface area contributed by atoms with Crippen LogP contribution in [-0.2, 0) is 6.54 Å². The lowest BCUT2D eigenvalue weighted by Crippen LogP contribution is -2.28. The molecule has 0 heterocycles. The summed E-state index contributed by atoms with van der Waals surface area (Å²) in [5, 5.41) is 3.72. The van der Waals surface area contributed by atoms with Crippen molar-refractivity contribution in [2.45, 2.75) is 59.0 Å². The number of benzene rings is 1. The van der Waals surface area contributed by atoms with E-state index in [1.165, 1.54) is 36.9 Å². The smallest absolute Gasteiger partial charge is 0.0366 e. The van der Waals surface area contributed by atoms with Gasteiger partial charge in [-0.15, -0.1) is 0 Å². The second-order valence-electron chi connectivity index (χ2n) is 6.00. The number of nitrogens with zero attached hydrogens (tertiary/aromatic N) is 1. The second-order valence-corrected chi connectivity index (χ2v) is 6.00. The molecule has 2 nitrogen and oxygen atoms in total. The number of rotatable bonds is 9. The van der Waals surface area contributed by atoms with Crippen molar-refractivity contribution in [1.29, 1.82) is 0 Å². The van der Waals surface area contributed by atoms with E-state index in [-0.39, 0.29) is 0 Å². The van der Waals surface area contributed by atoms with Crippen molar-refractivity contribution in [3.63, 3.8) is 0 Å². The van der Waals surface area contributed by atoms with E-state index in [1.807, 2.05) is 0 Å². The van der Waals surface area contributed by atoms with Crippen LogP contribution in [0.3, 0.4) is 0 Å². The molecule has 2 rings (SSSR count). The van der Waals surface area contributed by atoms with E-state index in [4.69, 9.17) is 0 Å². The molecule has 2 heteroatoms. The standard InChI is InChI=1S/C18H30N2/c1-4-17(13-15-7-8-15)19-14-16-9-11-18(12-10-16)20(5-2)6-3/h9-12,15,17,19H,4-8,13-14H2,1-3H3. The van der Waals surface area contributed by atoms with Gasteiger partial charge >= 0.3 is 0 Å². The van der Waals surface area contributed by atoms with E-state index < -0.39 is 0 Å². The fourth-order valence-corrected chi connectivity index (χ4v) is 2.83. The summed E-state index contributed by atoms with van der Waals surface area (Å²) in [6, 6.07) is 9.75. The van der Waals surface area contributed by atoms with Gasteiger partial charge in [-0.25, -0.2) is 0 Å². The third kappa shape index (κ3) is 4.52. The van der Waals surface area contributed by atoms with Gasteiger partial charge in [0.1, 0.15) is 0 Å². The average Bonchev–Trinajstić information content (AvgIpc) is 3.30. The number of hydrogen-bond acceptors (Lipinski definition) is 2. The average molecular weight is 274 g/mol. The molecule has 0 saturated heterocycles. The van der Waals surface area contributed by atoms with Gasteiger partial charge in [0.25, 0.3) is 0 Å². The summed E-state index contributed by atoms with van der Waals surface area (Å²) in [4.78, 5) is 2.39. The van der Waals surface area contributed by atoms with Crippen LogP contribution in [0.5, 0.6) is 0 Å². The summed E-state index contributed by atoms with van der Waals surface area (Å²) in [6.07, 6.45) is 5.52. The maximum absolute atomic E-state index is 3.72. The van der Waals surface area contributed by atoms with Gasteiger partial charge in [-0.2, -0.15) is 0 Å². The van der Waals surface area contributed by atoms with E-state index in [9.17, 15) is 0 Å². The SMILES string of the molecule is CCC(CC1CC1)NCc1ccc(N(CC)CC)cc1. The largest absolute Gasteiger partial charge is 0.372 e. The minimum atomic E-state index is 0.699. The monoisotopic (exact) mass is 274 g/mol. The van der Waals surface area contributed by atoms with Gasteiger partial charge in [-0.1, -0.05) is 31.9 Å². The van der Waals surface area contributed by atoms with Crippen molar-refractivity contribution in [3.8, 4) is 0 Å². The van der Waals surface area contributed by atoms with Crippen molar-refractivity contribution in [2.24, 2.45) is 5.92 Å². The van der Waals surface area contributed by atoms with Gasteiger partial charge in [0.15, 0.2) is 0 Å². The van der Waals surface area contributed by atoms with Crippen molar-refractivity contribution in [2.75, 3.05) is 18.0 Å². The first-order chi connectivity index (χ1) is 9.76. The molecule has 0 aromatic heterocycles. The molecule has 0 aliphatic heterocycles. The molecular formula is C18H30N2. The maximum atomic E-state index is 3.72. The molecule has 0 spiro atoms. The van der Waals surface area contributed by atoms with Gasteiger partial charge in [-0.05, 0) is 50.3 Å². The second kappa shape index (κ2) is 7.68. The Balaban J connectivity index is 1.83. The maximum Gasteiger partial charge on any atom is 0.0366 e. The zero-order valence-electron chi connectivity index (χ0n) is 13.4. The fourth-order valence-electron chi connectivity index (χ4n) is 2.83. The predicted octanol–water partition coefficient (Wildman–Crippen LogP) is 4.20. The summed E-state index contributed by atoms with van der Waals surface area (Å²) < 4.78 is 0. The molecule has 1 aromatic carbocycles. The Labute approximate surface area is 124 Å². The first kappa shape index (κ1) is 15.4. The van der Waals surface area contributed by atoms with E-state index in [0.717, 1.165) is 25.6 Å². The number of hydrogen-bond donors (Lipinski definition) is 1. The highest BCUT2D eigenvalue weighted by Gasteiger charge is 2.24. The Morgan fingerprint density at radius 3 is 2.25 bits per heavy atom. The van der Waals surface area contributed by atoms with E-state index >= 15 is 0 Å². The van der Waals surface area contributed by atoms with Crippen LogP contribution in [0.15, 0.2) is 24.3 Å². The Hall–Kier alpha value is -1.02. The minimum absolute atomic E-state index is 0.699. The van der Waals surface area contributed by atoms with Crippen molar-refractivity contribution >= 4 is 5.69 Å². The van der Waals surface area contributed by atoms with Gasteiger partial charge in [-0.3, -0.25) is 0 Å². The van der Waals surface area contributed by atoms with Crippen LogP contribution in [0.1, 0.15) is 52.0 Å². The Morgan fingerprint density at radius 2 is 1.75 bits per heavy atom. The highest BCUT2D eigenvalue weighted by molar-refractivity contribution is 5.47. The van der Waals surface area contributed by atoms with E-state index in [0.29, 0.717) is 6.04 Å². The normalized spacial score (nSPS) is 16.1. The first-order valence-corrected chi connectivity index (χ1v) is 8.34. The number of anilines is 1. The van der Waals surface area contributed by atoms with E-state index in [1.54, 1.807) is 0 Å². The van der Waals surface area contributed by atoms with Crippen LogP contribution in [0.4, 0.5) is 5.69 Å². The van der Waals surface area contributed by atoms with Crippen molar-refractivity contribution < 1.29 is 0 Å². The summed E-state index contributed by atoms with van der Waals surface area (Å²) in [6.45, 7) is 9.87. The molecular weight excluding hydrogens is 244 g/mol. The first-order valence-electron chi connectivity index (χ1n) is 8.34. The minimum Gasteiger partial charge on any atom is -0.372 e. The predicted molar refractivity (Wildman–Crippen MR) is 88.3 cm³/mol. The summed E-state index contributed by atoms with van der Waals surface area (Å²) >= 11 is 0. The molecule has 1 saturated carbocycles. The van der Waals surface area contributed by atoms with Crippen LogP contribution in [0.25, 0.3) is 0 Å². The summed E-state index contributed by atoms with van der Waals surface area (Å²) in [5.41, 5.74) is 2.74. The quantitative estimate of drug-likeness (QED) is 0.726. The zero-order chi connectivity index (χ0) is 14.4. The third-order valence-electron chi connectivity index (χ3n) is 4.47. The molecule has 1 unspecified atom stereocenters. The molecule has 0 amide bonds. The Morgan fingerprint density at radius 1 is 1.10 bits per heavy atom. The molecule has 1 aromatic rings. The molecule has 1 N–H and O–H groups in total. The molecule has 1 aliphatic carbocycles. The van der Waals surface area contributed by atoms with Crippen LogP contribution < -0.4 is 10.2 Å². The molecule has 1 atom stereocenters. The van der Waals surface area contributed by atoms with E-state index in [2.05, 4.69) is 55.3 Å².